The zero-order valence-corrected chi connectivity index (χ0v) is 13.2. The predicted molar refractivity (Wildman–Crippen MR) is 91.0 cm³/mol. The van der Waals surface area contributed by atoms with Gasteiger partial charge < -0.3 is 0 Å². The molecule has 0 saturated carbocycles. The van der Waals surface area contributed by atoms with Crippen LogP contribution in [-0.2, 0) is 9.73 Å². The molecule has 0 aliphatic heterocycles. The van der Waals surface area contributed by atoms with Crippen molar-refractivity contribution in [1.82, 2.24) is 0 Å². The summed E-state index contributed by atoms with van der Waals surface area (Å²) >= 11 is 1.29. The first-order valence-corrected chi connectivity index (χ1v) is 9.27. The van der Waals surface area contributed by atoms with E-state index < -0.39 is 9.73 Å². The molecule has 0 amide bonds. The van der Waals surface area contributed by atoms with Crippen LogP contribution in [0.5, 0.6) is 0 Å². The minimum absolute atomic E-state index is 0.762. The largest absolute Gasteiger partial charge is 0.244 e. The highest BCUT2D eigenvalue weighted by molar-refractivity contribution is 8.07. The average Bonchev–Trinajstić information content (AvgIpc) is 2.54. The molecule has 4 heteroatoms. The van der Waals surface area contributed by atoms with E-state index in [1.807, 2.05) is 48.5 Å². The van der Waals surface area contributed by atoms with Gasteiger partial charge >= 0.3 is 0 Å². The van der Waals surface area contributed by atoms with Crippen molar-refractivity contribution < 1.29 is 4.21 Å². The van der Waals surface area contributed by atoms with Crippen molar-refractivity contribution in [2.24, 2.45) is 3.77 Å². The summed E-state index contributed by atoms with van der Waals surface area (Å²) in [4.78, 5) is 1.76. The van der Waals surface area contributed by atoms with Gasteiger partial charge in [-0.05, 0) is 35.0 Å². The van der Waals surface area contributed by atoms with E-state index >= 15 is 0 Å². The van der Waals surface area contributed by atoms with E-state index in [9.17, 15) is 4.21 Å². The third kappa shape index (κ3) is 3.28. The number of rotatable bonds is 3. The lowest BCUT2D eigenvalue weighted by atomic mass is 10.1. The quantitative estimate of drug-likeness (QED) is 0.637. The summed E-state index contributed by atoms with van der Waals surface area (Å²) < 4.78 is 17.0. The van der Waals surface area contributed by atoms with Crippen LogP contribution in [0, 0.1) is 0 Å². The third-order valence-corrected chi connectivity index (χ3v) is 6.23. The molecule has 0 bridgehead atoms. The van der Waals surface area contributed by atoms with Crippen molar-refractivity contribution in [1.29, 1.82) is 0 Å². The van der Waals surface area contributed by atoms with Crippen molar-refractivity contribution in [3.05, 3.63) is 72.8 Å². The number of nitrogens with zero attached hydrogens (tertiary/aromatic N) is 1. The van der Waals surface area contributed by atoms with Crippen molar-refractivity contribution in [3.63, 3.8) is 0 Å². The number of fused-ring (bicyclic) bond motifs is 1. The molecule has 106 valence electrons. The van der Waals surface area contributed by atoms with Crippen LogP contribution in [0.2, 0.25) is 0 Å². The molecule has 0 saturated heterocycles. The smallest absolute Gasteiger partial charge is 0.0836 e. The van der Waals surface area contributed by atoms with Crippen molar-refractivity contribution >= 4 is 32.4 Å². The lowest BCUT2D eigenvalue weighted by Gasteiger charge is -2.04. The van der Waals surface area contributed by atoms with Gasteiger partial charge in [-0.25, -0.2) is 4.21 Å². The Kier molecular flexibility index (Phi) is 3.99. The minimum atomic E-state index is -2.37. The fourth-order valence-corrected chi connectivity index (χ4v) is 4.28. The summed E-state index contributed by atoms with van der Waals surface area (Å²) in [5.41, 5.74) is 0. The van der Waals surface area contributed by atoms with Crippen LogP contribution in [0.3, 0.4) is 0 Å². The molecule has 0 aliphatic rings. The Bertz CT molecular complexity index is 881. The number of benzene rings is 3. The molecule has 3 rings (SSSR count). The van der Waals surface area contributed by atoms with E-state index in [1.54, 1.807) is 6.26 Å². The maximum atomic E-state index is 12.6. The van der Waals surface area contributed by atoms with Gasteiger partial charge in [0.2, 0.25) is 0 Å². The second-order valence-electron chi connectivity index (χ2n) is 4.79. The van der Waals surface area contributed by atoms with Crippen LogP contribution in [0.4, 0.5) is 0 Å². The first-order chi connectivity index (χ1) is 10.1. The van der Waals surface area contributed by atoms with Crippen LogP contribution < -0.4 is 0 Å². The fourth-order valence-electron chi connectivity index (χ4n) is 2.05. The van der Waals surface area contributed by atoms with Gasteiger partial charge in [0.1, 0.15) is 0 Å². The summed E-state index contributed by atoms with van der Waals surface area (Å²) in [5, 5.41) is 2.36. The fraction of sp³-hybridized carbons (Fsp3) is 0.0588. The van der Waals surface area contributed by atoms with Gasteiger partial charge in [-0.1, -0.05) is 48.5 Å². The first kappa shape index (κ1) is 14.2. The van der Waals surface area contributed by atoms with E-state index in [4.69, 9.17) is 0 Å². The number of hydrogen-bond acceptors (Lipinski definition) is 3. The molecule has 0 fully saturated rings. The van der Waals surface area contributed by atoms with Crippen LogP contribution in [0.15, 0.2) is 86.4 Å². The SMILES string of the molecule is CS(=O)(=NSc1ccc2ccccc2c1)c1ccccc1. The van der Waals surface area contributed by atoms with E-state index in [0.717, 1.165) is 9.79 Å². The maximum Gasteiger partial charge on any atom is 0.0836 e. The van der Waals surface area contributed by atoms with Gasteiger partial charge in [0.05, 0.1) is 9.73 Å². The van der Waals surface area contributed by atoms with Gasteiger partial charge in [0.15, 0.2) is 0 Å². The van der Waals surface area contributed by atoms with Crippen LogP contribution >= 0.6 is 11.9 Å². The van der Waals surface area contributed by atoms with E-state index in [-0.39, 0.29) is 0 Å². The Morgan fingerprint density at radius 2 is 1.52 bits per heavy atom. The molecule has 1 unspecified atom stereocenters. The summed E-state index contributed by atoms with van der Waals surface area (Å²) in [7, 11) is -2.37. The van der Waals surface area contributed by atoms with Crippen molar-refractivity contribution in [2.75, 3.05) is 6.26 Å². The Morgan fingerprint density at radius 1 is 0.857 bits per heavy atom. The molecular formula is C17H15NOS2. The molecule has 21 heavy (non-hydrogen) atoms. The third-order valence-electron chi connectivity index (χ3n) is 3.19. The Morgan fingerprint density at radius 3 is 2.29 bits per heavy atom. The Labute approximate surface area is 129 Å². The zero-order valence-electron chi connectivity index (χ0n) is 11.6. The summed E-state index contributed by atoms with van der Waals surface area (Å²) in [6.45, 7) is 0. The van der Waals surface area contributed by atoms with Gasteiger partial charge in [-0.2, -0.15) is 3.77 Å². The van der Waals surface area contributed by atoms with Crippen LogP contribution in [0.1, 0.15) is 0 Å². The van der Waals surface area contributed by atoms with E-state index in [1.165, 1.54) is 22.7 Å². The molecule has 0 spiro atoms. The lowest BCUT2D eigenvalue weighted by molar-refractivity contribution is 0.681. The highest BCUT2D eigenvalue weighted by Crippen LogP contribution is 2.26. The lowest BCUT2D eigenvalue weighted by Crippen LogP contribution is -1.95. The van der Waals surface area contributed by atoms with Crippen molar-refractivity contribution in [3.8, 4) is 0 Å². The average molecular weight is 313 g/mol. The maximum absolute atomic E-state index is 12.6. The summed E-state index contributed by atoms with van der Waals surface area (Å²) in [6, 6.07) is 23.7. The van der Waals surface area contributed by atoms with Gasteiger partial charge in [-0.15, -0.1) is 0 Å². The predicted octanol–water partition coefficient (Wildman–Crippen LogP) is 5.00. The molecule has 3 aromatic rings. The van der Waals surface area contributed by atoms with Gasteiger partial charge in [-0.3, -0.25) is 0 Å². The standard InChI is InChI=1S/C17H15NOS2/c1-21(19,17-9-3-2-4-10-17)18-20-16-12-11-14-7-5-6-8-15(14)13-16/h2-13H,1H3. The highest BCUT2D eigenvalue weighted by atomic mass is 32.2. The van der Waals surface area contributed by atoms with Crippen LogP contribution in [-0.4, -0.2) is 10.5 Å². The van der Waals surface area contributed by atoms with E-state index in [2.05, 4.69) is 28.0 Å². The second kappa shape index (κ2) is 5.92. The molecule has 1 atom stereocenters. The minimum Gasteiger partial charge on any atom is -0.244 e. The zero-order chi connectivity index (χ0) is 14.7. The summed E-state index contributed by atoms with van der Waals surface area (Å²) in [5.74, 6) is 0. The molecule has 0 aromatic heterocycles. The molecule has 0 aliphatic carbocycles. The van der Waals surface area contributed by atoms with E-state index in [0.29, 0.717) is 0 Å². The molecular weight excluding hydrogens is 298 g/mol. The first-order valence-electron chi connectivity index (χ1n) is 6.57. The Balaban J connectivity index is 1.92. The Hall–Kier alpha value is -1.78. The van der Waals surface area contributed by atoms with Crippen LogP contribution in [0.25, 0.3) is 10.8 Å². The normalized spacial score (nSPS) is 13.8. The molecule has 0 heterocycles. The van der Waals surface area contributed by atoms with Gasteiger partial charge in [0, 0.05) is 28.0 Å². The molecule has 3 aromatic carbocycles. The van der Waals surface area contributed by atoms with Crippen molar-refractivity contribution in [2.45, 2.75) is 9.79 Å². The number of hydrogen-bond donors (Lipinski definition) is 0. The molecule has 0 radical (unpaired) electrons. The highest BCUT2D eigenvalue weighted by Gasteiger charge is 2.05. The summed E-state index contributed by atoms with van der Waals surface area (Å²) in [6.07, 6.45) is 1.68. The topological polar surface area (TPSA) is 29.4 Å². The monoisotopic (exact) mass is 313 g/mol. The molecule has 2 nitrogen and oxygen atoms in total. The molecule has 0 N–H and O–H groups in total. The van der Waals surface area contributed by atoms with Gasteiger partial charge in [0.25, 0.3) is 0 Å². The second-order valence-corrected chi connectivity index (χ2v) is 8.12.